The minimum atomic E-state index is -4.37. The Labute approximate surface area is 187 Å². The highest BCUT2D eigenvalue weighted by Gasteiger charge is 2.59. The van der Waals surface area contributed by atoms with Gasteiger partial charge in [-0.1, -0.05) is 31.8 Å². The van der Waals surface area contributed by atoms with E-state index in [2.05, 4.69) is 41.3 Å². The van der Waals surface area contributed by atoms with Gasteiger partial charge in [0.15, 0.2) is 5.96 Å². The lowest BCUT2D eigenvalue weighted by Crippen LogP contribution is -2.67. The fraction of sp³-hybridized carbons (Fsp3) is 0.571. The molecule has 1 heterocycles. The number of rotatable bonds is 3. The fourth-order valence-electron chi connectivity index (χ4n) is 4.12. The van der Waals surface area contributed by atoms with Crippen LogP contribution in [0.15, 0.2) is 29.3 Å². The van der Waals surface area contributed by atoms with E-state index in [1.807, 2.05) is 6.92 Å². The Morgan fingerprint density at radius 3 is 2.79 bits per heavy atom. The molecule has 2 N–H and O–H groups in total. The second-order valence-corrected chi connectivity index (χ2v) is 7.76. The number of nitrogens with one attached hydrogen (secondary N) is 2. The predicted octanol–water partition coefficient (Wildman–Crippen LogP) is 4.04. The molecule has 1 aliphatic carbocycles. The third-order valence-electron chi connectivity index (χ3n) is 5.48. The summed E-state index contributed by atoms with van der Waals surface area (Å²) >= 11 is 0. The van der Waals surface area contributed by atoms with Crippen molar-refractivity contribution in [3.05, 3.63) is 35.4 Å². The Balaban J connectivity index is 0.00000300. The van der Waals surface area contributed by atoms with Gasteiger partial charge in [-0.05, 0) is 31.5 Å². The van der Waals surface area contributed by atoms with Crippen LogP contribution in [0, 0.1) is 23.2 Å². The SMILES string of the molecule is CCNC(=NCC#Cc1cccc(C(F)(F)F)c1)NC1C2CCOC2C1(C)C.I. The van der Waals surface area contributed by atoms with Crippen molar-refractivity contribution >= 4 is 29.9 Å². The molecule has 8 heteroatoms. The highest BCUT2D eigenvalue weighted by atomic mass is 127. The smallest absolute Gasteiger partial charge is 0.377 e. The van der Waals surface area contributed by atoms with Gasteiger partial charge >= 0.3 is 6.18 Å². The number of hydrogen-bond donors (Lipinski definition) is 2. The third kappa shape index (κ3) is 5.37. The fourth-order valence-corrected chi connectivity index (χ4v) is 4.12. The summed E-state index contributed by atoms with van der Waals surface area (Å²) < 4.78 is 44.1. The molecule has 0 radical (unpaired) electrons. The molecular formula is C21H27F3IN3O. The maximum absolute atomic E-state index is 12.8. The first-order valence-corrected chi connectivity index (χ1v) is 9.56. The van der Waals surface area contributed by atoms with E-state index in [0.717, 1.165) is 25.2 Å². The molecule has 3 atom stereocenters. The van der Waals surface area contributed by atoms with Gasteiger partial charge in [0.2, 0.25) is 0 Å². The molecule has 1 saturated carbocycles. The largest absolute Gasteiger partial charge is 0.416 e. The minimum absolute atomic E-state index is 0. The number of alkyl halides is 3. The second kappa shape index (κ2) is 9.56. The van der Waals surface area contributed by atoms with Crippen molar-refractivity contribution in [2.24, 2.45) is 16.3 Å². The van der Waals surface area contributed by atoms with Crippen molar-refractivity contribution in [3.8, 4) is 11.8 Å². The van der Waals surface area contributed by atoms with E-state index in [1.165, 1.54) is 6.07 Å². The lowest BCUT2D eigenvalue weighted by atomic mass is 9.57. The molecule has 1 aromatic rings. The molecule has 0 amide bonds. The summed E-state index contributed by atoms with van der Waals surface area (Å²) in [5, 5.41) is 6.69. The molecule has 1 saturated heterocycles. The van der Waals surface area contributed by atoms with Crippen molar-refractivity contribution < 1.29 is 17.9 Å². The second-order valence-electron chi connectivity index (χ2n) is 7.76. The summed E-state index contributed by atoms with van der Waals surface area (Å²) in [4.78, 5) is 4.46. The number of benzene rings is 1. The highest BCUT2D eigenvalue weighted by molar-refractivity contribution is 14.0. The number of ether oxygens (including phenoxy) is 1. The summed E-state index contributed by atoms with van der Waals surface area (Å²) in [6.45, 7) is 8.07. The van der Waals surface area contributed by atoms with Crippen LogP contribution in [0.5, 0.6) is 0 Å². The van der Waals surface area contributed by atoms with E-state index in [4.69, 9.17) is 4.74 Å². The normalized spacial score (nSPS) is 25.0. The first-order valence-electron chi connectivity index (χ1n) is 9.56. The lowest BCUT2D eigenvalue weighted by Gasteiger charge is -2.54. The first-order chi connectivity index (χ1) is 13.2. The van der Waals surface area contributed by atoms with E-state index in [9.17, 15) is 13.2 Å². The van der Waals surface area contributed by atoms with Crippen LogP contribution in [0.1, 0.15) is 38.3 Å². The number of halogens is 4. The van der Waals surface area contributed by atoms with Gasteiger partial charge in [0.25, 0.3) is 0 Å². The number of fused-ring (bicyclic) bond motifs is 1. The Bertz CT molecular complexity index is 798. The van der Waals surface area contributed by atoms with Crippen molar-refractivity contribution in [2.75, 3.05) is 19.7 Å². The molecule has 2 fully saturated rings. The van der Waals surface area contributed by atoms with E-state index in [1.54, 1.807) is 6.07 Å². The van der Waals surface area contributed by atoms with Crippen LogP contribution in [-0.2, 0) is 10.9 Å². The molecule has 0 bridgehead atoms. The molecule has 1 aromatic carbocycles. The molecule has 0 spiro atoms. The van der Waals surface area contributed by atoms with Crippen LogP contribution in [-0.4, -0.2) is 37.8 Å². The van der Waals surface area contributed by atoms with Crippen molar-refractivity contribution in [2.45, 2.75) is 45.5 Å². The molecule has 1 aliphatic heterocycles. The summed E-state index contributed by atoms with van der Waals surface area (Å²) in [7, 11) is 0. The van der Waals surface area contributed by atoms with Crippen LogP contribution in [0.3, 0.4) is 0 Å². The summed E-state index contributed by atoms with van der Waals surface area (Å²) in [5.41, 5.74) is -0.339. The maximum Gasteiger partial charge on any atom is 0.416 e. The average molecular weight is 521 g/mol. The number of hydrogen-bond acceptors (Lipinski definition) is 2. The van der Waals surface area contributed by atoms with Crippen LogP contribution >= 0.6 is 24.0 Å². The Kier molecular flexibility index (Phi) is 7.85. The van der Waals surface area contributed by atoms with E-state index >= 15 is 0 Å². The molecule has 160 valence electrons. The van der Waals surface area contributed by atoms with Gasteiger partial charge in [-0.3, -0.25) is 0 Å². The van der Waals surface area contributed by atoms with E-state index in [0.29, 0.717) is 24.0 Å². The monoisotopic (exact) mass is 521 g/mol. The van der Waals surface area contributed by atoms with Crippen LogP contribution in [0.2, 0.25) is 0 Å². The maximum atomic E-state index is 12.8. The minimum Gasteiger partial charge on any atom is -0.377 e. The zero-order valence-corrected chi connectivity index (χ0v) is 19.1. The van der Waals surface area contributed by atoms with Gasteiger partial charge in [0.05, 0.1) is 11.7 Å². The first kappa shape index (κ1) is 23.8. The van der Waals surface area contributed by atoms with Gasteiger partial charge < -0.3 is 15.4 Å². The van der Waals surface area contributed by atoms with E-state index in [-0.39, 0.29) is 48.1 Å². The number of aliphatic imine (C=N–C) groups is 1. The summed E-state index contributed by atoms with van der Waals surface area (Å²) in [6, 6.07) is 5.29. The molecule has 0 aromatic heterocycles. The van der Waals surface area contributed by atoms with Gasteiger partial charge in [0.1, 0.15) is 6.54 Å². The molecule has 3 rings (SSSR count). The Morgan fingerprint density at radius 2 is 2.10 bits per heavy atom. The van der Waals surface area contributed by atoms with Gasteiger partial charge in [-0.2, -0.15) is 13.2 Å². The summed E-state index contributed by atoms with van der Waals surface area (Å²) in [6.07, 6.45) is -3.04. The molecule has 29 heavy (non-hydrogen) atoms. The van der Waals surface area contributed by atoms with Gasteiger partial charge in [-0.15, -0.1) is 24.0 Å². The highest BCUT2D eigenvalue weighted by Crippen LogP contribution is 2.52. The lowest BCUT2D eigenvalue weighted by molar-refractivity contribution is -0.137. The standard InChI is InChI=1S/C21H26F3N3O.HI/c1-4-25-19(27-17-16-10-12-28-18(16)20(17,2)3)26-11-6-8-14-7-5-9-15(13-14)21(22,23)24;/h5,7,9,13,16-18H,4,10-12H2,1-3H3,(H2,25,26,27);1H. The molecule has 2 aliphatic rings. The quantitative estimate of drug-likeness (QED) is 0.273. The van der Waals surface area contributed by atoms with Crippen LogP contribution < -0.4 is 10.6 Å². The number of guanidine groups is 1. The van der Waals surface area contributed by atoms with Crippen LogP contribution in [0.4, 0.5) is 13.2 Å². The zero-order chi connectivity index (χ0) is 20.4. The third-order valence-corrected chi connectivity index (χ3v) is 5.48. The predicted molar refractivity (Wildman–Crippen MR) is 118 cm³/mol. The number of nitrogens with zero attached hydrogens (tertiary/aromatic N) is 1. The summed E-state index contributed by atoms with van der Waals surface area (Å²) in [5.74, 6) is 6.74. The molecule has 4 nitrogen and oxygen atoms in total. The van der Waals surface area contributed by atoms with E-state index < -0.39 is 11.7 Å². The van der Waals surface area contributed by atoms with Crippen molar-refractivity contribution in [1.29, 1.82) is 0 Å². The molecule has 3 unspecified atom stereocenters. The Morgan fingerprint density at radius 1 is 1.34 bits per heavy atom. The van der Waals surface area contributed by atoms with Crippen molar-refractivity contribution in [3.63, 3.8) is 0 Å². The van der Waals surface area contributed by atoms with Gasteiger partial charge in [0, 0.05) is 36.1 Å². The van der Waals surface area contributed by atoms with Crippen LogP contribution in [0.25, 0.3) is 0 Å². The van der Waals surface area contributed by atoms with Gasteiger partial charge in [-0.25, -0.2) is 4.99 Å². The van der Waals surface area contributed by atoms with Crippen molar-refractivity contribution in [1.82, 2.24) is 10.6 Å². The Hall–Kier alpha value is -1.47. The average Bonchev–Trinajstić information content (AvgIpc) is 3.10. The zero-order valence-electron chi connectivity index (χ0n) is 16.8. The molecular weight excluding hydrogens is 494 g/mol. The topological polar surface area (TPSA) is 45.7 Å².